The van der Waals surface area contributed by atoms with E-state index in [4.69, 9.17) is 0 Å². The lowest BCUT2D eigenvalue weighted by atomic mass is 10.2. The van der Waals surface area contributed by atoms with Crippen LogP contribution in [-0.2, 0) is 0 Å². The number of carboxylic acid groups (broad SMARTS) is 1. The van der Waals surface area contributed by atoms with Crippen LogP contribution in [0, 0.1) is 0 Å². The van der Waals surface area contributed by atoms with Crippen LogP contribution in [0.25, 0.3) is 22.4 Å². The van der Waals surface area contributed by atoms with E-state index in [1.165, 1.54) is 4.57 Å². The molecule has 4 nitrogen and oxygen atoms in total. The molecule has 0 radical (unpaired) electrons. The lowest BCUT2D eigenvalue weighted by Gasteiger charge is -2.02. The summed E-state index contributed by atoms with van der Waals surface area (Å²) in [5.74, 6) is 0.448. The number of fused-ring (bicyclic) bond motifs is 1. The first-order valence-electron chi connectivity index (χ1n) is 5.53. The maximum absolute atomic E-state index is 11.4. The molecule has 1 aromatic heterocycles. The van der Waals surface area contributed by atoms with Crippen molar-refractivity contribution in [2.45, 2.75) is 0 Å². The van der Waals surface area contributed by atoms with Crippen LogP contribution < -0.4 is 0 Å². The highest BCUT2D eigenvalue weighted by molar-refractivity contribution is 5.91. The number of para-hydroxylation sites is 2. The molecule has 0 unspecified atom stereocenters. The van der Waals surface area contributed by atoms with Crippen LogP contribution in [0.4, 0.5) is 4.79 Å². The molecule has 3 aromatic rings. The van der Waals surface area contributed by atoms with E-state index in [-0.39, 0.29) is 0 Å². The fourth-order valence-corrected chi connectivity index (χ4v) is 2.00. The minimum atomic E-state index is -1.03. The Bertz CT molecular complexity index is 717. The molecule has 1 heterocycles. The van der Waals surface area contributed by atoms with Gasteiger partial charge in [0.25, 0.3) is 0 Å². The van der Waals surface area contributed by atoms with Crippen molar-refractivity contribution in [1.82, 2.24) is 9.55 Å². The molecule has 0 aliphatic rings. The predicted molar refractivity (Wildman–Crippen MR) is 68.6 cm³/mol. The quantitative estimate of drug-likeness (QED) is 0.708. The normalized spacial score (nSPS) is 10.7. The third-order valence-corrected chi connectivity index (χ3v) is 2.78. The van der Waals surface area contributed by atoms with Crippen molar-refractivity contribution in [3.05, 3.63) is 54.6 Å². The van der Waals surface area contributed by atoms with Gasteiger partial charge in [0.15, 0.2) is 5.82 Å². The minimum absolute atomic E-state index is 0.448. The van der Waals surface area contributed by atoms with Gasteiger partial charge in [0.05, 0.1) is 11.0 Å². The summed E-state index contributed by atoms with van der Waals surface area (Å²) >= 11 is 0. The van der Waals surface area contributed by atoms with E-state index in [1.54, 1.807) is 18.2 Å². The van der Waals surface area contributed by atoms with Crippen LogP contribution in [-0.4, -0.2) is 20.8 Å². The first-order valence-corrected chi connectivity index (χ1v) is 5.53. The van der Waals surface area contributed by atoms with Gasteiger partial charge in [0.1, 0.15) is 0 Å². The Morgan fingerprint density at radius 2 is 1.67 bits per heavy atom. The largest absolute Gasteiger partial charge is 0.464 e. The van der Waals surface area contributed by atoms with Crippen molar-refractivity contribution < 1.29 is 9.90 Å². The average Bonchev–Trinajstić information content (AvgIpc) is 2.79. The number of nitrogens with zero attached hydrogens (tertiary/aromatic N) is 2. The second-order valence-electron chi connectivity index (χ2n) is 3.91. The Balaban J connectivity index is 2.36. The van der Waals surface area contributed by atoms with Gasteiger partial charge < -0.3 is 5.11 Å². The summed E-state index contributed by atoms with van der Waals surface area (Å²) in [6.45, 7) is 0. The average molecular weight is 238 g/mol. The number of carbonyl (C=O) groups is 1. The van der Waals surface area contributed by atoms with E-state index in [9.17, 15) is 9.90 Å². The summed E-state index contributed by atoms with van der Waals surface area (Å²) in [4.78, 5) is 15.8. The fraction of sp³-hybridized carbons (Fsp3) is 0. The molecule has 4 heteroatoms. The zero-order valence-corrected chi connectivity index (χ0v) is 9.45. The third-order valence-electron chi connectivity index (χ3n) is 2.78. The van der Waals surface area contributed by atoms with Crippen LogP contribution in [0.1, 0.15) is 0 Å². The number of rotatable bonds is 1. The van der Waals surface area contributed by atoms with Crippen LogP contribution in [0.5, 0.6) is 0 Å². The van der Waals surface area contributed by atoms with Gasteiger partial charge in [-0.15, -0.1) is 0 Å². The van der Waals surface area contributed by atoms with Crippen molar-refractivity contribution in [3.63, 3.8) is 0 Å². The van der Waals surface area contributed by atoms with E-state index in [0.29, 0.717) is 16.9 Å². The van der Waals surface area contributed by atoms with Gasteiger partial charge in [-0.25, -0.2) is 14.3 Å². The zero-order chi connectivity index (χ0) is 12.5. The molecule has 18 heavy (non-hydrogen) atoms. The van der Waals surface area contributed by atoms with Gasteiger partial charge in [-0.3, -0.25) is 0 Å². The smallest absolute Gasteiger partial charge is 0.417 e. The zero-order valence-electron chi connectivity index (χ0n) is 9.45. The highest BCUT2D eigenvalue weighted by Gasteiger charge is 2.16. The molecule has 0 amide bonds. The van der Waals surface area contributed by atoms with E-state index < -0.39 is 6.09 Å². The van der Waals surface area contributed by atoms with E-state index in [2.05, 4.69) is 4.98 Å². The predicted octanol–water partition coefficient (Wildman–Crippen LogP) is 3.23. The van der Waals surface area contributed by atoms with Crippen molar-refractivity contribution in [3.8, 4) is 11.4 Å². The molecular weight excluding hydrogens is 228 g/mol. The third kappa shape index (κ3) is 1.55. The van der Waals surface area contributed by atoms with Crippen LogP contribution in [0.3, 0.4) is 0 Å². The first kappa shape index (κ1) is 10.5. The van der Waals surface area contributed by atoms with Crippen LogP contribution in [0.15, 0.2) is 54.6 Å². The highest BCUT2D eigenvalue weighted by Crippen LogP contribution is 2.24. The van der Waals surface area contributed by atoms with Gasteiger partial charge in [0.2, 0.25) is 0 Å². The van der Waals surface area contributed by atoms with Crippen molar-refractivity contribution in [2.75, 3.05) is 0 Å². The Morgan fingerprint density at radius 1 is 1.00 bits per heavy atom. The van der Waals surface area contributed by atoms with Crippen molar-refractivity contribution in [2.24, 2.45) is 0 Å². The molecule has 0 atom stereocenters. The molecule has 0 spiro atoms. The molecule has 0 aliphatic carbocycles. The van der Waals surface area contributed by atoms with Gasteiger partial charge in [-0.2, -0.15) is 0 Å². The van der Waals surface area contributed by atoms with E-state index in [0.717, 1.165) is 5.56 Å². The number of imidazole rings is 1. The second-order valence-corrected chi connectivity index (χ2v) is 3.91. The van der Waals surface area contributed by atoms with Crippen LogP contribution in [0.2, 0.25) is 0 Å². The maximum Gasteiger partial charge on any atom is 0.417 e. The van der Waals surface area contributed by atoms with E-state index >= 15 is 0 Å². The summed E-state index contributed by atoms with van der Waals surface area (Å²) in [5, 5.41) is 9.34. The minimum Gasteiger partial charge on any atom is -0.464 e. The summed E-state index contributed by atoms with van der Waals surface area (Å²) in [5.41, 5.74) is 2.07. The lowest BCUT2D eigenvalue weighted by molar-refractivity contribution is 0.197. The molecular formula is C14H10N2O2. The lowest BCUT2D eigenvalue weighted by Crippen LogP contribution is -2.09. The van der Waals surface area contributed by atoms with Gasteiger partial charge in [-0.05, 0) is 12.1 Å². The van der Waals surface area contributed by atoms with Crippen LogP contribution >= 0.6 is 0 Å². The Morgan fingerprint density at radius 3 is 2.39 bits per heavy atom. The highest BCUT2D eigenvalue weighted by atomic mass is 16.4. The Kier molecular flexibility index (Phi) is 2.34. The Hall–Kier alpha value is -2.62. The Labute approximate surface area is 103 Å². The van der Waals surface area contributed by atoms with Crippen molar-refractivity contribution >= 4 is 17.1 Å². The molecule has 1 N–H and O–H groups in total. The maximum atomic E-state index is 11.4. The van der Waals surface area contributed by atoms with Gasteiger partial charge >= 0.3 is 6.09 Å². The monoisotopic (exact) mass is 238 g/mol. The summed E-state index contributed by atoms with van der Waals surface area (Å²) < 4.78 is 1.21. The van der Waals surface area contributed by atoms with Crippen molar-refractivity contribution in [1.29, 1.82) is 0 Å². The molecule has 0 bridgehead atoms. The number of hydrogen-bond donors (Lipinski definition) is 1. The molecule has 0 saturated carbocycles. The number of benzene rings is 2. The first-order chi connectivity index (χ1) is 8.77. The van der Waals surface area contributed by atoms with Gasteiger partial charge in [-0.1, -0.05) is 42.5 Å². The molecule has 3 rings (SSSR count). The molecule has 0 fully saturated rings. The number of hydrogen-bond acceptors (Lipinski definition) is 2. The summed E-state index contributed by atoms with van der Waals surface area (Å²) in [7, 11) is 0. The molecule has 0 aliphatic heterocycles. The summed E-state index contributed by atoms with van der Waals surface area (Å²) in [6.07, 6.45) is -1.03. The van der Waals surface area contributed by atoms with Gasteiger partial charge in [0, 0.05) is 5.56 Å². The SMILES string of the molecule is O=C(O)n1c(-c2ccccc2)nc2ccccc21. The summed E-state index contributed by atoms with van der Waals surface area (Å²) in [6, 6.07) is 16.5. The molecule has 0 saturated heterocycles. The van der Waals surface area contributed by atoms with E-state index in [1.807, 2.05) is 36.4 Å². The topological polar surface area (TPSA) is 55.1 Å². The standard InChI is InChI=1S/C14H10N2O2/c17-14(18)16-12-9-5-4-8-11(12)15-13(16)10-6-2-1-3-7-10/h1-9H,(H,17,18). The fourth-order valence-electron chi connectivity index (χ4n) is 2.00. The molecule has 2 aromatic carbocycles. The second kappa shape index (κ2) is 4.00. The molecule has 88 valence electrons. The number of aromatic nitrogens is 2.